The molecule has 1 heterocycles. The van der Waals surface area contributed by atoms with E-state index in [2.05, 4.69) is 10.2 Å². The third kappa shape index (κ3) is 3.86. The lowest BCUT2D eigenvalue weighted by atomic mass is 10.1. The topological polar surface area (TPSA) is 73.8 Å². The van der Waals surface area contributed by atoms with E-state index in [9.17, 15) is 23.3 Å². The average Bonchev–Trinajstić information content (AvgIpc) is 3.03. The van der Waals surface area contributed by atoms with Crippen molar-refractivity contribution in [1.29, 1.82) is 0 Å². The fourth-order valence-electron chi connectivity index (χ4n) is 2.69. The molecule has 2 aromatic carbocycles. The Morgan fingerprint density at radius 2 is 1.89 bits per heavy atom. The predicted octanol–water partition coefficient (Wildman–Crippen LogP) is 5.35. The fraction of sp³-hybridized carbons (Fsp3) is 0.222. The normalized spacial score (nSPS) is 11.6. The van der Waals surface area contributed by atoms with Crippen molar-refractivity contribution in [1.82, 2.24) is 14.8 Å². The van der Waals surface area contributed by atoms with Gasteiger partial charge < -0.3 is 4.57 Å². The van der Waals surface area contributed by atoms with Crippen LogP contribution < -0.4 is 0 Å². The predicted molar refractivity (Wildman–Crippen MR) is 98.1 cm³/mol. The number of benzene rings is 2. The van der Waals surface area contributed by atoms with E-state index in [4.69, 9.17) is 0 Å². The molecule has 0 saturated heterocycles. The van der Waals surface area contributed by atoms with Crippen LogP contribution in [-0.2, 0) is 12.7 Å². The van der Waals surface area contributed by atoms with Crippen LogP contribution in [0.2, 0.25) is 0 Å². The second-order valence-electron chi connectivity index (χ2n) is 5.90. The molecule has 0 spiro atoms. The van der Waals surface area contributed by atoms with Crippen molar-refractivity contribution >= 4 is 17.4 Å². The van der Waals surface area contributed by atoms with Crippen molar-refractivity contribution in [2.45, 2.75) is 36.6 Å². The van der Waals surface area contributed by atoms with Gasteiger partial charge in [0.15, 0.2) is 11.0 Å². The molecule has 146 valence electrons. The van der Waals surface area contributed by atoms with E-state index < -0.39 is 22.4 Å². The smallest absolute Gasteiger partial charge is 0.302 e. The van der Waals surface area contributed by atoms with E-state index in [-0.39, 0.29) is 4.90 Å². The SMILES string of the molecule is CCn1c(Sc2ccc(C(F)(F)F)cc2[N+](=O)[O-])nnc1-c1ccccc1C. The van der Waals surface area contributed by atoms with Gasteiger partial charge in [0.2, 0.25) is 0 Å². The first-order chi connectivity index (χ1) is 13.2. The van der Waals surface area contributed by atoms with Gasteiger partial charge in [-0.1, -0.05) is 24.3 Å². The Balaban J connectivity index is 2.03. The Bertz CT molecular complexity index is 1030. The minimum Gasteiger partial charge on any atom is -0.302 e. The lowest BCUT2D eigenvalue weighted by Gasteiger charge is -2.10. The summed E-state index contributed by atoms with van der Waals surface area (Å²) >= 11 is 0.915. The molecule has 0 aliphatic carbocycles. The molecule has 0 fully saturated rings. The van der Waals surface area contributed by atoms with Crippen molar-refractivity contribution in [3.05, 3.63) is 63.7 Å². The van der Waals surface area contributed by atoms with Crippen LogP contribution in [-0.4, -0.2) is 19.7 Å². The van der Waals surface area contributed by atoms with Crippen LogP contribution >= 0.6 is 11.8 Å². The summed E-state index contributed by atoms with van der Waals surface area (Å²) in [5.74, 6) is 0.595. The first-order valence-electron chi connectivity index (χ1n) is 8.25. The summed E-state index contributed by atoms with van der Waals surface area (Å²) in [6, 6.07) is 10.0. The Labute approximate surface area is 162 Å². The summed E-state index contributed by atoms with van der Waals surface area (Å²) in [4.78, 5) is 10.5. The van der Waals surface area contributed by atoms with E-state index in [1.807, 2.05) is 38.1 Å². The molecule has 3 rings (SSSR count). The first-order valence-corrected chi connectivity index (χ1v) is 9.06. The third-order valence-electron chi connectivity index (χ3n) is 4.10. The average molecular weight is 408 g/mol. The van der Waals surface area contributed by atoms with E-state index in [0.29, 0.717) is 23.6 Å². The van der Waals surface area contributed by atoms with Crippen LogP contribution in [0.25, 0.3) is 11.4 Å². The van der Waals surface area contributed by atoms with Gasteiger partial charge >= 0.3 is 6.18 Å². The standard InChI is InChI=1S/C18H15F3N4O2S/c1-3-24-16(13-7-5-4-6-11(13)2)22-23-17(24)28-15-9-8-12(18(19,20)21)10-14(15)25(26)27/h4-10H,3H2,1-2H3. The van der Waals surface area contributed by atoms with Crippen molar-refractivity contribution in [2.24, 2.45) is 0 Å². The highest BCUT2D eigenvalue weighted by Gasteiger charge is 2.33. The Kier molecular flexibility index (Phi) is 5.41. The number of nitrogens with zero attached hydrogens (tertiary/aromatic N) is 4. The molecule has 0 N–H and O–H groups in total. The van der Waals surface area contributed by atoms with Crippen molar-refractivity contribution < 1.29 is 18.1 Å². The summed E-state index contributed by atoms with van der Waals surface area (Å²) in [7, 11) is 0. The molecule has 0 bridgehead atoms. The highest BCUT2D eigenvalue weighted by atomic mass is 32.2. The minimum absolute atomic E-state index is 0.0661. The Hall–Kier alpha value is -2.88. The molecular weight excluding hydrogens is 393 g/mol. The quantitative estimate of drug-likeness (QED) is 0.420. The second kappa shape index (κ2) is 7.63. The molecule has 1 aromatic heterocycles. The van der Waals surface area contributed by atoms with Gasteiger partial charge in [-0.3, -0.25) is 10.1 Å². The van der Waals surface area contributed by atoms with E-state index >= 15 is 0 Å². The maximum atomic E-state index is 12.9. The number of hydrogen-bond donors (Lipinski definition) is 0. The van der Waals surface area contributed by atoms with Gasteiger partial charge in [0, 0.05) is 18.2 Å². The van der Waals surface area contributed by atoms with E-state index in [1.54, 1.807) is 4.57 Å². The number of aryl methyl sites for hydroxylation is 1. The number of nitro groups is 1. The third-order valence-corrected chi connectivity index (χ3v) is 5.15. The van der Waals surface area contributed by atoms with Crippen LogP contribution in [0.1, 0.15) is 18.1 Å². The van der Waals surface area contributed by atoms with Gasteiger partial charge in [-0.05, 0) is 43.3 Å². The van der Waals surface area contributed by atoms with Crippen LogP contribution in [0.15, 0.2) is 52.5 Å². The Morgan fingerprint density at radius 3 is 2.50 bits per heavy atom. The molecule has 0 aliphatic heterocycles. The summed E-state index contributed by atoms with van der Waals surface area (Å²) in [6.45, 7) is 4.29. The van der Waals surface area contributed by atoms with Gasteiger partial charge in [-0.25, -0.2) is 0 Å². The largest absolute Gasteiger partial charge is 0.416 e. The molecule has 0 aliphatic rings. The summed E-state index contributed by atoms with van der Waals surface area (Å²) in [5, 5.41) is 20.0. The molecule has 0 saturated carbocycles. The number of rotatable bonds is 5. The lowest BCUT2D eigenvalue weighted by molar-refractivity contribution is -0.388. The van der Waals surface area contributed by atoms with E-state index in [1.165, 1.54) is 0 Å². The highest BCUT2D eigenvalue weighted by Crippen LogP contribution is 2.39. The zero-order valence-electron chi connectivity index (χ0n) is 14.9. The number of nitro benzene ring substituents is 1. The zero-order valence-corrected chi connectivity index (χ0v) is 15.7. The maximum Gasteiger partial charge on any atom is 0.416 e. The lowest BCUT2D eigenvalue weighted by Crippen LogP contribution is -2.06. The summed E-state index contributed by atoms with van der Waals surface area (Å²) in [6.07, 6.45) is -4.66. The van der Waals surface area contributed by atoms with Gasteiger partial charge in [-0.2, -0.15) is 13.2 Å². The van der Waals surface area contributed by atoms with Gasteiger partial charge in [0.05, 0.1) is 15.4 Å². The molecule has 0 radical (unpaired) electrons. The minimum atomic E-state index is -4.66. The number of halogens is 3. The summed E-state index contributed by atoms with van der Waals surface area (Å²) < 4.78 is 40.4. The van der Waals surface area contributed by atoms with Crippen LogP contribution in [0.4, 0.5) is 18.9 Å². The second-order valence-corrected chi connectivity index (χ2v) is 6.91. The molecule has 0 atom stereocenters. The Morgan fingerprint density at radius 1 is 1.18 bits per heavy atom. The van der Waals surface area contributed by atoms with Gasteiger partial charge in [0.1, 0.15) is 0 Å². The molecule has 28 heavy (non-hydrogen) atoms. The molecule has 0 unspecified atom stereocenters. The van der Waals surface area contributed by atoms with Gasteiger partial charge in [-0.15, -0.1) is 10.2 Å². The number of alkyl halides is 3. The zero-order chi connectivity index (χ0) is 20.5. The van der Waals surface area contributed by atoms with Crippen molar-refractivity contribution in [2.75, 3.05) is 0 Å². The van der Waals surface area contributed by atoms with Crippen molar-refractivity contribution in [3.63, 3.8) is 0 Å². The van der Waals surface area contributed by atoms with Crippen LogP contribution in [0, 0.1) is 17.0 Å². The molecule has 0 amide bonds. The summed E-state index contributed by atoms with van der Waals surface area (Å²) in [5.41, 5.74) is 0.163. The highest BCUT2D eigenvalue weighted by molar-refractivity contribution is 7.99. The van der Waals surface area contributed by atoms with E-state index in [0.717, 1.165) is 35.0 Å². The first kappa shape index (κ1) is 19.9. The van der Waals surface area contributed by atoms with Crippen LogP contribution in [0.3, 0.4) is 0 Å². The van der Waals surface area contributed by atoms with Crippen molar-refractivity contribution in [3.8, 4) is 11.4 Å². The molecular formula is C18H15F3N4O2S. The molecule has 3 aromatic rings. The van der Waals surface area contributed by atoms with Crippen LogP contribution in [0.5, 0.6) is 0 Å². The number of aromatic nitrogens is 3. The fourth-order valence-corrected chi connectivity index (χ4v) is 3.67. The molecule has 10 heteroatoms. The monoisotopic (exact) mass is 408 g/mol. The number of hydrogen-bond acceptors (Lipinski definition) is 5. The van der Waals surface area contributed by atoms with Gasteiger partial charge in [0.25, 0.3) is 5.69 Å². The molecule has 6 nitrogen and oxygen atoms in total. The maximum absolute atomic E-state index is 12.9.